The van der Waals surface area contributed by atoms with Gasteiger partial charge in [-0.25, -0.2) is 4.39 Å². The Hall–Kier alpha value is -2.32. The van der Waals surface area contributed by atoms with Crippen molar-refractivity contribution in [2.75, 3.05) is 21.2 Å². The number of hydrogen-bond acceptors (Lipinski definition) is 6. The van der Waals surface area contributed by atoms with Crippen LogP contribution in [0.15, 0.2) is 28.8 Å². The van der Waals surface area contributed by atoms with Crippen molar-refractivity contribution in [2.24, 2.45) is 0 Å². The highest BCUT2D eigenvalue weighted by Gasteiger charge is 2.23. The number of methoxy groups -OCH3 is 1. The fourth-order valence-electron chi connectivity index (χ4n) is 2.17. The predicted molar refractivity (Wildman–Crippen MR) is 79.7 cm³/mol. The number of ether oxygens (including phenoxy) is 1. The average molecular weight is 322 g/mol. The number of likely N-dealkylation sites (N-methyl/N-ethyl adjacent to an activating group) is 1. The number of nitrogens with zero attached hydrogens (tertiary/aromatic N) is 3. The molecule has 0 saturated heterocycles. The third-order valence-corrected chi connectivity index (χ3v) is 3.13. The molecule has 2 rings (SSSR count). The Kier molecular flexibility index (Phi) is 5.78. The Labute approximate surface area is 133 Å². The van der Waals surface area contributed by atoms with Crippen molar-refractivity contribution in [1.29, 1.82) is 0 Å². The number of aromatic nitrogens is 2. The summed E-state index contributed by atoms with van der Waals surface area (Å²) in [6, 6.07) is 5.34. The van der Waals surface area contributed by atoms with Gasteiger partial charge in [-0.3, -0.25) is 9.69 Å². The van der Waals surface area contributed by atoms with Crippen molar-refractivity contribution < 1.29 is 18.4 Å². The summed E-state index contributed by atoms with van der Waals surface area (Å²) in [6.07, 6.45) is 0. The van der Waals surface area contributed by atoms with Gasteiger partial charge in [0, 0.05) is 7.11 Å². The quantitative estimate of drug-likeness (QED) is 0.827. The van der Waals surface area contributed by atoms with Gasteiger partial charge in [0.2, 0.25) is 11.8 Å². The first-order valence-corrected chi connectivity index (χ1v) is 7.01. The van der Waals surface area contributed by atoms with Gasteiger partial charge in [-0.1, -0.05) is 17.3 Å². The molecule has 0 spiro atoms. The van der Waals surface area contributed by atoms with Crippen LogP contribution in [0, 0.1) is 5.82 Å². The van der Waals surface area contributed by atoms with Crippen LogP contribution in [0.3, 0.4) is 0 Å². The zero-order valence-electron chi connectivity index (χ0n) is 13.2. The Morgan fingerprint density at radius 2 is 2.26 bits per heavy atom. The lowest BCUT2D eigenvalue weighted by Gasteiger charge is -2.23. The molecule has 124 valence electrons. The van der Waals surface area contributed by atoms with Gasteiger partial charge in [0.25, 0.3) is 0 Å². The number of carbonyl (C=O) groups excluding carboxylic acids is 1. The molecule has 0 aliphatic rings. The lowest BCUT2D eigenvalue weighted by Crippen LogP contribution is -2.36. The second-order valence-electron chi connectivity index (χ2n) is 5.18. The van der Waals surface area contributed by atoms with E-state index < -0.39 is 6.04 Å². The van der Waals surface area contributed by atoms with Gasteiger partial charge in [-0.2, -0.15) is 4.98 Å². The van der Waals surface area contributed by atoms with E-state index in [1.54, 1.807) is 31.1 Å². The fourth-order valence-corrected chi connectivity index (χ4v) is 2.17. The summed E-state index contributed by atoms with van der Waals surface area (Å²) in [5.74, 6) is 0.0172. The standard InChI is InChI=1S/C15H19FN4O3/c1-20(2)14(10-5-4-6-11(16)7-10)15(21)17-8-13-18-12(9-22-3)19-23-13/h4-7,14H,8-9H2,1-3H3,(H,17,21). The first-order valence-electron chi connectivity index (χ1n) is 7.01. The first kappa shape index (κ1) is 17.0. The number of carbonyl (C=O) groups is 1. The van der Waals surface area contributed by atoms with Crippen LogP contribution in [-0.2, 0) is 22.7 Å². The van der Waals surface area contributed by atoms with Crippen LogP contribution in [0.1, 0.15) is 23.3 Å². The van der Waals surface area contributed by atoms with Gasteiger partial charge in [0.1, 0.15) is 18.5 Å². The summed E-state index contributed by atoms with van der Waals surface area (Å²) in [4.78, 5) is 18.2. The number of hydrogen-bond donors (Lipinski definition) is 1. The molecular weight excluding hydrogens is 303 g/mol. The van der Waals surface area contributed by atoms with Crippen LogP contribution in [0.5, 0.6) is 0 Å². The van der Waals surface area contributed by atoms with Crippen LogP contribution < -0.4 is 5.32 Å². The lowest BCUT2D eigenvalue weighted by molar-refractivity contribution is -0.126. The van der Waals surface area contributed by atoms with Crippen molar-refractivity contribution in [2.45, 2.75) is 19.2 Å². The van der Waals surface area contributed by atoms with E-state index in [-0.39, 0.29) is 30.8 Å². The minimum Gasteiger partial charge on any atom is -0.377 e. The summed E-state index contributed by atoms with van der Waals surface area (Å²) in [7, 11) is 5.02. The Bertz CT molecular complexity index is 660. The topological polar surface area (TPSA) is 80.5 Å². The zero-order chi connectivity index (χ0) is 16.8. The van der Waals surface area contributed by atoms with E-state index >= 15 is 0 Å². The smallest absolute Gasteiger partial charge is 0.246 e. The maximum atomic E-state index is 13.4. The maximum absolute atomic E-state index is 13.4. The molecule has 1 heterocycles. The van der Waals surface area contributed by atoms with Gasteiger partial charge in [0.15, 0.2) is 5.82 Å². The van der Waals surface area contributed by atoms with Gasteiger partial charge < -0.3 is 14.6 Å². The molecule has 0 fully saturated rings. The summed E-state index contributed by atoms with van der Waals surface area (Å²) in [6.45, 7) is 0.330. The Morgan fingerprint density at radius 1 is 1.48 bits per heavy atom. The highest BCUT2D eigenvalue weighted by atomic mass is 19.1. The SMILES string of the molecule is COCc1noc(CNC(=O)C(c2cccc(F)c2)N(C)C)n1. The summed E-state index contributed by atoms with van der Waals surface area (Å²) in [5.41, 5.74) is 0.568. The van der Waals surface area contributed by atoms with Crippen molar-refractivity contribution >= 4 is 5.91 Å². The van der Waals surface area contributed by atoms with E-state index in [1.165, 1.54) is 19.2 Å². The van der Waals surface area contributed by atoms with Crippen molar-refractivity contribution in [1.82, 2.24) is 20.4 Å². The summed E-state index contributed by atoms with van der Waals surface area (Å²) >= 11 is 0. The van der Waals surface area contributed by atoms with Crippen LogP contribution in [0.4, 0.5) is 4.39 Å². The zero-order valence-corrected chi connectivity index (χ0v) is 13.2. The van der Waals surface area contributed by atoms with Gasteiger partial charge in [-0.15, -0.1) is 0 Å². The molecule has 1 aromatic carbocycles. The molecule has 0 aliphatic heterocycles. The minimum atomic E-state index is -0.618. The van der Waals surface area contributed by atoms with E-state index in [1.807, 2.05) is 0 Å². The molecule has 1 amide bonds. The molecule has 1 N–H and O–H groups in total. The Balaban J connectivity index is 2.03. The van der Waals surface area contributed by atoms with Crippen LogP contribution in [0.2, 0.25) is 0 Å². The second-order valence-corrected chi connectivity index (χ2v) is 5.18. The molecule has 1 atom stereocenters. The Morgan fingerprint density at radius 3 is 2.91 bits per heavy atom. The van der Waals surface area contributed by atoms with Gasteiger partial charge >= 0.3 is 0 Å². The van der Waals surface area contributed by atoms with E-state index in [2.05, 4.69) is 15.5 Å². The normalized spacial score (nSPS) is 12.4. The lowest BCUT2D eigenvalue weighted by atomic mass is 10.1. The molecule has 7 nitrogen and oxygen atoms in total. The maximum Gasteiger partial charge on any atom is 0.246 e. The molecule has 0 saturated carbocycles. The second kappa shape index (κ2) is 7.80. The molecule has 2 aromatic rings. The molecule has 0 radical (unpaired) electrons. The van der Waals surface area contributed by atoms with Gasteiger partial charge in [0.05, 0.1) is 6.54 Å². The third kappa shape index (κ3) is 4.57. The van der Waals surface area contributed by atoms with E-state index in [0.29, 0.717) is 11.4 Å². The average Bonchev–Trinajstić information content (AvgIpc) is 2.93. The molecule has 0 bridgehead atoms. The monoisotopic (exact) mass is 322 g/mol. The van der Waals surface area contributed by atoms with Crippen LogP contribution >= 0.6 is 0 Å². The summed E-state index contributed by atoms with van der Waals surface area (Å²) < 4.78 is 23.3. The van der Waals surface area contributed by atoms with E-state index in [0.717, 1.165) is 0 Å². The van der Waals surface area contributed by atoms with E-state index in [9.17, 15) is 9.18 Å². The highest BCUT2D eigenvalue weighted by molar-refractivity contribution is 5.83. The van der Waals surface area contributed by atoms with Crippen molar-refractivity contribution in [3.8, 4) is 0 Å². The molecule has 1 aromatic heterocycles. The number of halogens is 1. The largest absolute Gasteiger partial charge is 0.377 e. The summed E-state index contributed by atoms with van der Waals surface area (Å²) in [5, 5.41) is 6.42. The third-order valence-electron chi connectivity index (χ3n) is 3.13. The number of nitrogens with one attached hydrogen (secondary N) is 1. The number of benzene rings is 1. The molecule has 8 heteroatoms. The van der Waals surface area contributed by atoms with Crippen LogP contribution in [-0.4, -0.2) is 42.2 Å². The minimum absolute atomic E-state index is 0.0925. The predicted octanol–water partition coefficient (Wildman–Crippen LogP) is 1.27. The first-order chi connectivity index (χ1) is 11.0. The number of rotatable bonds is 7. The number of amides is 1. The molecule has 0 aliphatic carbocycles. The highest BCUT2D eigenvalue weighted by Crippen LogP contribution is 2.19. The molecule has 1 unspecified atom stereocenters. The van der Waals surface area contributed by atoms with Crippen molar-refractivity contribution in [3.05, 3.63) is 47.4 Å². The van der Waals surface area contributed by atoms with Crippen LogP contribution in [0.25, 0.3) is 0 Å². The van der Waals surface area contributed by atoms with Gasteiger partial charge in [-0.05, 0) is 31.8 Å². The fraction of sp³-hybridized carbons (Fsp3) is 0.400. The van der Waals surface area contributed by atoms with Crippen molar-refractivity contribution in [3.63, 3.8) is 0 Å². The molecule has 23 heavy (non-hydrogen) atoms. The van der Waals surface area contributed by atoms with E-state index in [4.69, 9.17) is 9.26 Å². The molecular formula is C15H19FN4O3.